The Kier molecular flexibility index (Phi) is 4.60. The van der Waals surface area contributed by atoms with Crippen molar-refractivity contribution in [1.29, 1.82) is 0 Å². The van der Waals surface area contributed by atoms with Gasteiger partial charge < -0.3 is 0 Å². The summed E-state index contributed by atoms with van der Waals surface area (Å²) in [6.45, 7) is 3.74. The highest BCUT2D eigenvalue weighted by Crippen LogP contribution is 2.22. The Morgan fingerprint density at radius 2 is 1.95 bits per heavy atom. The van der Waals surface area contributed by atoms with Gasteiger partial charge >= 0.3 is 0 Å². The minimum atomic E-state index is -3.31. The van der Waals surface area contributed by atoms with E-state index in [1.807, 2.05) is 18.2 Å². The molecule has 1 aromatic carbocycles. The van der Waals surface area contributed by atoms with Gasteiger partial charge in [0, 0.05) is 26.7 Å². The number of fused-ring (bicyclic) bond motifs is 1. The zero-order valence-corrected chi connectivity index (χ0v) is 12.5. The number of rotatable bonds is 5. The Bertz CT molecular complexity index is 528. The molecule has 0 aromatic heterocycles. The van der Waals surface area contributed by atoms with Crippen molar-refractivity contribution in [3.8, 4) is 0 Å². The second kappa shape index (κ2) is 6.03. The lowest BCUT2D eigenvalue weighted by Gasteiger charge is -2.31. The van der Waals surface area contributed by atoms with Crippen LogP contribution in [0.15, 0.2) is 24.3 Å². The normalized spacial score (nSPS) is 16.6. The lowest BCUT2D eigenvalue weighted by molar-refractivity contribution is 0.342. The Morgan fingerprint density at radius 1 is 1.26 bits per heavy atom. The molecule has 0 unspecified atom stereocenters. The molecule has 19 heavy (non-hydrogen) atoms. The van der Waals surface area contributed by atoms with Gasteiger partial charge in [0.25, 0.3) is 10.2 Å². The monoisotopic (exact) mass is 282 g/mol. The first-order valence-corrected chi connectivity index (χ1v) is 8.23. The van der Waals surface area contributed by atoms with Gasteiger partial charge in [-0.2, -0.15) is 17.0 Å². The predicted octanol–water partition coefficient (Wildman–Crippen LogP) is 2.02. The maximum Gasteiger partial charge on any atom is 0.282 e. The second-order valence-corrected chi connectivity index (χ2v) is 7.07. The molecule has 0 radical (unpaired) electrons. The average molecular weight is 282 g/mol. The van der Waals surface area contributed by atoms with Gasteiger partial charge in [0.15, 0.2) is 0 Å². The van der Waals surface area contributed by atoms with Crippen LogP contribution in [0.25, 0.3) is 0 Å². The highest BCUT2D eigenvalue weighted by molar-refractivity contribution is 7.86. The number of hydrogen-bond donors (Lipinski definition) is 0. The van der Waals surface area contributed by atoms with Gasteiger partial charge in [-0.05, 0) is 24.0 Å². The molecule has 1 aromatic rings. The molecule has 0 bridgehead atoms. The van der Waals surface area contributed by atoms with Crippen LogP contribution in [0, 0.1) is 0 Å². The van der Waals surface area contributed by atoms with Crippen LogP contribution < -0.4 is 0 Å². The van der Waals surface area contributed by atoms with Crippen LogP contribution in [0.5, 0.6) is 0 Å². The predicted molar refractivity (Wildman–Crippen MR) is 77.0 cm³/mol. The minimum Gasteiger partial charge on any atom is -0.195 e. The molecule has 1 aliphatic heterocycles. The molecule has 2 rings (SSSR count). The van der Waals surface area contributed by atoms with Crippen molar-refractivity contribution in [2.24, 2.45) is 0 Å². The summed E-state index contributed by atoms with van der Waals surface area (Å²) >= 11 is 0. The first kappa shape index (κ1) is 14.5. The van der Waals surface area contributed by atoms with Gasteiger partial charge in [0.2, 0.25) is 0 Å². The van der Waals surface area contributed by atoms with E-state index in [4.69, 9.17) is 0 Å². The van der Waals surface area contributed by atoms with E-state index in [-0.39, 0.29) is 0 Å². The van der Waals surface area contributed by atoms with E-state index >= 15 is 0 Å². The molecule has 0 aliphatic carbocycles. The van der Waals surface area contributed by atoms with E-state index in [0.717, 1.165) is 24.8 Å². The summed E-state index contributed by atoms with van der Waals surface area (Å²) in [5, 5.41) is 0. The van der Waals surface area contributed by atoms with Crippen molar-refractivity contribution < 1.29 is 8.42 Å². The summed E-state index contributed by atoms with van der Waals surface area (Å²) in [5.74, 6) is 0. The lowest BCUT2D eigenvalue weighted by atomic mass is 10.0. The molecule has 0 fully saturated rings. The summed E-state index contributed by atoms with van der Waals surface area (Å²) in [6.07, 6.45) is 2.71. The van der Waals surface area contributed by atoms with Crippen molar-refractivity contribution in [2.45, 2.75) is 32.7 Å². The molecule has 0 atom stereocenters. The smallest absolute Gasteiger partial charge is 0.195 e. The van der Waals surface area contributed by atoms with E-state index < -0.39 is 10.2 Å². The van der Waals surface area contributed by atoms with E-state index in [0.29, 0.717) is 19.6 Å². The van der Waals surface area contributed by atoms with E-state index in [9.17, 15) is 8.42 Å². The lowest BCUT2D eigenvalue weighted by Crippen LogP contribution is -2.44. The average Bonchev–Trinajstić information content (AvgIpc) is 2.44. The molecule has 0 spiro atoms. The Labute approximate surface area is 116 Å². The Morgan fingerprint density at radius 3 is 2.63 bits per heavy atom. The fourth-order valence-corrected chi connectivity index (χ4v) is 3.74. The molecule has 0 saturated carbocycles. The summed E-state index contributed by atoms with van der Waals surface area (Å²) in [7, 11) is -1.64. The van der Waals surface area contributed by atoms with Gasteiger partial charge in [-0.15, -0.1) is 0 Å². The zero-order chi connectivity index (χ0) is 13.9. The van der Waals surface area contributed by atoms with Crippen LogP contribution >= 0.6 is 0 Å². The van der Waals surface area contributed by atoms with Crippen LogP contribution in [0.4, 0.5) is 0 Å². The van der Waals surface area contributed by atoms with Crippen LogP contribution in [0.2, 0.25) is 0 Å². The van der Waals surface area contributed by atoms with Crippen LogP contribution in [0.1, 0.15) is 30.9 Å². The molecule has 0 saturated heterocycles. The third kappa shape index (κ3) is 3.16. The van der Waals surface area contributed by atoms with Gasteiger partial charge in [-0.25, -0.2) is 0 Å². The first-order valence-electron chi connectivity index (χ1n) is 6.84. The Hall–Kier alpha value is -0.910. The van der Waals surface area contributed by atoms with Crippen molar-refractivity contribution >= 4 is 10.2 Å². The number of nitrogens with zero attached hydrogens (tertiary/aromatic N) is 2. The summed E-state index contributed by atoms with van der Waals surface area (Å²) in [5.41, 5.74) is 2.39. The molecule has 5 heteroatoms. The quantitative estimate of drug-likeness (QED) is 0.829. The Balaban J connectivity index is 2.11. The number of benzene rings is 1. The largest absolute Gasteiger partial charge is 0.282 e. The van der Waals surface area contributed by atoms with Crippen LogP contribution in [-0.4, -0.2) is 37.2 Å². The third-order valence-corrected chi connectivity index (χ3v) is 5.58. The van der Waals surface area contributed by atoms with E-state index in [1.54, 1.807) is 11.4 Å². The molecule has 1 heterocycles. The molecular weight excluding hydrogens is 260 g/mol. The topological polar surface area (TPSA) is 40.6 Å². The summed E-state index contributed by atoms with van der Waals surface area (Å²) in [4.78, 5) is 0. The fraction of sp³-hybridized carbons (Fsp3) is 0.571. The van der Waals surface area contributed by atoms with Crippen LogP contribution in [-0.2, 0) is 23.2 Å². The molecule has 0 amide bonds. The summed E-state index contributed by atoms with van der Waals surface area (Å²) in [6, 6.07) is 8.08. The number of hydrogen-bond acceptors (Lipinski definition) is 2. The van der Waals surface area contributed by atoms with Crippen molar-refractivity contribution in [2.75, 3.05) is 20.1 Å². The molecular formula is C14H22N2O2S. The van der Waals surface area contributed by atoms with Crippen molar-refractivity contribution in [3.63, 3.8) is 0 Å². The third-order valence-electron chi connectivity index (χ3n) is 3.64. The maximum atomic E-state index is 12.5. The fourth-order valence-electron chi connectivity index (χ4n) is 2.36. The number of unbranched alkanes of at least 4 members (excludes halogenated alkanes) is 1. The van der Waals surface area contributed by atoms with Gasteiger partial charge in [0.1, 0.15) is 0 Å². The zero-order valence-electron chi connectivity index (χ0n) is 11.7. The van der Waals surface area contributed by atoms with E-state index in [2.05, 4.69) is 13.0 Å². The SMILES string of the molecule is CCCCN(C)S(=O)(=O)N1CCc2ccccc2C1. The molecule has 0 N–H and O–H groups in total. The standard InChI is InChI=1S/C14H22N2O2S/c1-3-4-10-15(2)19(17,18)16-11-9-13-7-5-6-8-14(13)12-16/h5-8H,3-4,9-12H2,1-2H3. The minimum absolute atomic E-state index is 0.495. The van der Waals surface area contributed by atoms with Crippen molar-refractivity contribution in [1.82, 2.24) is 8.61 Å². The van der Waals surface area contributed by atoms with Crippen molar-refractivity contribution in [3.05, 3.63) is 35.4 Å². The second-order valence-electron chi connectivity index (χ2n) is 5.04. The maximum absolute atomic E-state index is 12.5. The van der Waals surface area contributed by atoms with Gasteiger partial charge in [-0.3, -0.25) is 0 Å². The van der Waals surface area contributed by atoms with Gasteiger partial charge in [-0.1, -0.05) is 37.6 Å². The van der Waals surface area contributed by atoms with Gasteiger partial charge in [0.05, 0.1) is 0 Å². The van der Waals surface area contributed by atoms with E-state index in [1.165, 1.54) is 9.87 Å². The van der Waals surface area contributed by atoms with Crippen LogP contribution in [0.3, 0.4) is 0 Å². The molecule has 4 nitrogen and oxygen atoms in total. The molecule has 106 valence electrons. The first-order chi connectivity index (χ1) is 9.05. The molecule has 1 aliphatic rings. The highest BCUT2D eigenvalue weighted by atomic mass is 32.2. The summed E-state index contributed by atoms with van der Waals surface area (Å²) < 4.78 is 28.0. The highest BCUT2D eigenvalue weighted by Gasteiger charge is 2.29.